The van der Waals surface area contributed by atoms with Crippen molar-refractivity contribution in [2.24, 2.45) is 0 Å². The fourth-order valence-electron chi connectivity index (χ4n) is 1.18. The summed E-state index contributed by atoms with van der Waals surface area (Å²) in [5.74, 6) is 0. The minimum absolute atomic E-state index is 0.0661. The molecular weight excluding hydrogens is 358 g/mol. The Hall–Kier alpha value is -0.980. The first kappa shape index (κ1) is 14.1. The fourth-order valence-corrected chi connectivity index (χ4v) is 2.00. The highest BCUT2D eigenvalue weighted by Crippen LogP contribution is 2.38. The summed E-state index contributed by atoms with van der Waals surface area (Å²) in [6.45, 7) is 0. The molecule has 0 fully saturated rings. The third kappa shape index (κ3) is 3.02. The number of halogens is 6. The van der Waals surface area contributed by atoms with Gasteiger partial charge < -0.3 is 0 Å². The molecule has 1 aromatic rings. The maximum Gasteiger partial charge on any atom is 0.433 e. The molecule has 0 spiro atoms. The van der Waals surface area contributed by atoms with Crippen LogP contribution in [-0.4, -0.2) is 4.98 Å². The first-order chi connectivity index (χ1) is 7.79. The fraction of sp³-hybridized carbons (Fsp3) is 0.333. The van der Waals surface area contributed by atoms with Crippen LogP contribution in [0, 0.1) is 14.9 Å². The van der Waals surface area contributed by atoms with Gasteiger partial charge in [-0.3, -0.25) is 4.98 Å². The molecule has 0 radical (unpaired) electrons. The highest BCUT2D eigenvalue weighted by molar-refractivity contribution is 14.1. The van der Waals surface area contributed by atoms with Crippen LogP contribution in [0.15, 0.2) is 6.20 Å². The van der Waals surface area contributed by atoms with Gasteiger partial charge in [0.15, 0.2) is 5.69 Å². The molecule has 0 saturated carbocycles. The van der Waals surface area contributed by atoms with Gasteiger partial charge in [-0.05, 0) is 28.2 Å². The molecule has 92 valence electrons. The Morgan fingerprint density at radius 3 is 2.41 bits per heavy atom. The van der Waals surface area contributed by atoms with Gasteiger partial charge in [0.1, 0.15) is 0 Å². The van der Waals surface area contributed by atoms with Crippen molar-refractivity contribution in [1.29, 1.82) is 5.26 Å². The van der Waals surface area contributed by atoms with Gasteiger partial charge in [0, 0.05) is 9.77 Å². The Morgan fingerprint density at radius 1 is 1.41 bits per heavy atom. The highest BCUT2D eigenvalue weighted by Gasteiger charge is 2.39. The predicted molar refractivity (Wildman–Crippen MR) is 56.2 cm³/mol. The van der Waals surface area contributed by atoms with Gasteiger partial charge in [-0.1, -0.05) is 0 Å². The predicted octanol–water partition coefficient (Wildman–Crippen LogP) is 3.71. The number of hydrogen-bond donors (Lipinski definition) is 0. The first-order valence-electron chi connectivity index (χ1n) is 4.18. The van der Waals surface area contributed by atoms with Crippen molar-refractivity contribution in [3.63, 3.8) is 0 Å². The summed E-state index contributed by atoms with van der Waals surface area (Å²) in [7, 11) is 0. The Morgan fingerprint density at radius 2 is 2.00 bits per heavy atom. The molecule has 0 saturated heterocycles. The Bertz CT molecular complexity index is 464. The van der Waals surface area contributed by atoms with Crippen LogP contribution in [0.25, 0.3) is 0 Å². The van der Waals surface area contributed by atoms with Gasteiger partial charge in [-0.25, -0.2) is 8.78 Å². The average molecular weight is 362 g/mol. The van der Waals surface area contributed by atoms with Crippen LogP contribution in [0.2, 0.25) is 0 Å². The van der Waals surface area contributed by atoms with Crippen LogP contribution >= 0.6 is 22.6 Å². The smallest absolute Gasteiger partial charge is 0.251 e. The zero-order valence-corrected chi connectivity index (χ0v) is 10.2. The lowest BCUT2D eigenvalue weighted by Gasteiger charge is -2.14. The molecule has 0 aliphatic heterocycles. The lowest BCUT2D eigenvalue weighted by atomic mass is 10.1. The van der Waals surface area contributed by atoms with E-state index in [1.165, 1.54) is 22.6 Å². The van der Waals surface area contributed by atoms with Crippen molar-refractivity contribution < 1.29 is 22.0 Å². The molecule has 0 aliphatic carbocycles. The molecule has 2 nitrogen and oxygen atoms in total. The second-order valence-corrected chi connectivity index (χ2v) is 4.07. The second kappa shape index (κ2) is 5.12. The molecule has 0 N–H and O–H groups in total. The minimum atomic E-state index is -4.93. The molecule has 1 rings (SSSR count). The van der Waals surface area contributed by atoms with E-state index < -0.39 is 23.9 Å². The SMILES string of the molecule is N#CCc1cnc(C(F)(F)F)c(C(F)F)c1I. The maximum atomic E-state index is 12.6. The summed E-state index contributed by atoms with van der Waals surface area (Å²) in [5.41, 5.74) is -2.69. The number of aromatic nitrogens is 1. The summed E-state index contributed by atoms with van der Waals surface area (Å²) in [4.78, 5) is 2.99. The third-order valence-corrected chi connectivity index (χ3v) is 3.15. The minimum Gasteiger partial charge on any atom is -0.251 e. The topological polar surface area (TPSA) is 36.7 Å². The quantitative estimate of drug-likeness (QED) is 0.594. The van der Waals surface area contributed by atoms with Crippen LogP contribution in [-0.2, 0) is 12.6 Å². The van der Waals surface area contributed by atoms with E-state index in [-0.39, 0.29) is 15.6 Å². The Balaban J connectivity index is 3.46. The van der Waals surface area contributed by atoms with Crippen LogP contribution < -0.4 is 0 Å². The molecule has 8 heteroatoms. The van der Waals surface area contributed by atoms with E-state index in [1.54, 1.807) is 6.07 Å². The average Bonchev–Trinajstić information content (AvgIpc) is 2.18. The standard InChI is InChI=1S/C9H4F5IN2/c10-8(11)5-6(15)4(1-2-16)3-17-7(5)9(12,13)14/h3,8H,1H2. The summed E-state index contributed by atoms with van der Waals surface area (Å²) < 4.78 is 62.3. The molecule has 0 atom stereocenters. The third-order valence-electron chi connectivity index (χ3n) is 1.88. The van der Waals surface area contributed by atoms with E-state index in [9.17, 15) is 22.0 Å². The first-order valence-corrected chi connectivity index (χ1v) is 5.26. The van der Waals surface area contributed by atoms with E-state index in [2.05, 4.69) is 4.98 Å². The van der Waals surface area contributed by atoms with Gasteiger partial charge in [0.2, 0.25) is 0 Å². The number of rotatable bonds is 2. The Kier molecular flexibility index (Phi) is 4.24. The van der Waals surface area contributed by atoms with Gasteiger partial charge in [0.05, 0.1) is 18.1 Å². The van der Waals surface area contributed by atoms with Gasteiger partial charge in [-0.2, -0.15) is 18.4 Å². The van der Waals surface area contributed by atoms with Crippen molar-refractivity contribution in [2.45, 2.75) is 19.0 Å². The van der Waals surface area contributed by atoms with E-state index >= 15 is 0 Å². The monoisotopic (exact) mass is 362 g/mol. The molecular formula is C9H4F5IN2. The van der Waals surface area contributed by atoms with Crippen molar-refractivity contribution in [2.75, 3.05) is 0 Å². The largest absolute Gasteiger partial charge is 0.433 e. The normalized spacial score (nSPS) is 11.6. The molecule has 1 heterocycles. The summed E-state index contributed by atoms with van der Waals surface area (Å²) >= 11 is 1.37. The van der Waals surface area contributed by atoms with Crippen LogP contribution in [0.3, 0.4) is 0 Å². The molecule has 17 heavy (non-hydrogen) atoms. The zero-order valence-electron chi connectivity index (χ0n) is 8.02. The van der Waals surface area contributed by atoms with E-state index in [0.29, 0.717) is 0 Å². The highest BCUT2D eigenvalue weighted by atomic mass is 127. The molecule has 0 amide bonds. The molecule has 1 aromatic heterocycles. The van der Waals surface area contributed by atoms with E-state index in [4.69, 9.17) is 5.26 Å². The summed E-state index contributed by atoms with van der Waals surface area (Å²) in [6, 6.07) is 1.68. The number of nitrogens with zero attached hydrogens (tertiary/aromatic N) is 2. The number of pyridine rings is 1. The van der Waals surface area contributed by atoms with Gasteiger partial charge in [-0.15, -0.1) is 0 Å². The number of alkyl halides is 5. The lowest BCUT2D eigenvalue weighted by molar-refractivity contribution is -0.143. The number of nitriles is 1. The molecule has 0 bridgehead atoms. The van der Waals surface area contributed by atoms with E-state index in [0.717, 1.165) is 6.20 Å². The lowest BCUT2D eigenvalue weighted by Crippen LogP contribution is -2.15. The summed E-state index contributed by atoms with van der Waals surface area (Å²) in [6.07, 6.45) is -7.68. The van der Waals surface area contributed by atoms with E-state index in [1.807, 2.05) is 0 Å². The molecule has 0 aromatic carbocycles. The molecule has 0 unspecified atom stereocenters. The summed E-state index contributed by atoms with van der Waals surface area (Å²) in [5, 5.41) is 8.41. The number of hydrogen-bond acceptors (Lipinski definition) is 2. The van der Waals surface area contributed by atoms with Crippen molar-refractivity contribution in [3.05, 3.63) is 26.6 Å². The van der Waals surface area contributed by atoms with Crippen LogP contribution in [0.1, 0.15) is 23.2 Å². The molecule has 0 aliphatic rings. The van der Waals surface area contributed by atoms with Gasteiger partial charge in [0.25, 0.3) is 6.43 Å². The van der Waals surface area contributed by atoms with Crippen LogP contribution in [0.4, 0.5) is 22.0 Å². The van der Waals surface area contributed by atoms with Crippen LogP contribution in [0.5, 0.6) is 0 Å². The second-order valence-electron chi connectivity index (χ2n) is 2.99. The zero-order chi connectivity index (χ0) is 13.2. The van der Waals surface area contributed by atoms with Crippen molar-refractivity contribution in [3.8, 4) is 6.07 Å². The van der Waals surface area contributed by atoms with Crippen molar-refractivity contribution >= 4 is 22.6 Å². The Labute approximate surface area is 107 Å². The maximum absolute atomic E-state index is 12.6. The van der Waals surface area contributed by atoms with Gasteiger partial charge >= 0.3 is 6.18 Å². The van der Waals surface area contributed by atoms with Crippen molar-refractivity contribution in [1.82, 2.24) is 4.98 Å².